The number of aromatic nitrogens is 3. The smallest absolute Gasteiger partial charge is 0.226 e. The van der Waals surface area contributed by atoms with E-state index < -0.39 is 0 Å². The van der Waals surface area contributed by atoms with Gasteiger partial charge in [-0.15, -0.1) is 0 Å². The number of nitrogens with one attached hydrogen (secondary N) is 1. The maximum Gasteiger partial charge on any atom is 0.226 e. The van der Waals surface area contributed by atoms with E-state index in [1.54, 1.807) is 6.33 Å². The van der Waals surface area contributed by atoms with Gasteiger partial charge in [-0.25, -0.2) is 9.97 Å². The van der Waals surface area contributed by atoms with Gasteiger partial charge in [0.15, 0.2) is 0 Å². The predicted octanol–water partition coefficient (Wildman–Crippen LogP) is 1.82. The highest BCUT2D eigenvalue weighted by Crippen LogP contribution is 2.09. The molecule has 1 aromatic rings. The summed E-state index contributed by atoms with van der Waals surface area (Å²) in [6.45, 7) is 8.24. The maximum absolute atomic E-state index is 4.28. The van der Waals surface area contributed by atoms with Gasteiger partial charge >= 0.3 is 0 Å². The lowest BCUT2D eigenvalue weighted by molar-refractivity contribution is 0.753. The third kappa shape index (κ3) is 2.97. The van der Waals surface area contributed by atoms with Crippen LogP contribution in [0, 0.1) is 0 Å². The van der Waals surface area contributed by atoms with Crippen LogP contribution in [0.4, 0.5) is 5.95 Å². The van der Waals surface area contributed by atoms with Gasteiger partial charge < -0.3 is 5.32 Å². The molecular weight excluding hydrogens is 164 g/mol. The summed E-state index contributed by atoms with van der Waals surface area (Å²) in [5.74, 6) is 1.84. The third-order valence-corrected chi connectivity index (χ3v) is 1.52. The van der Waals surface area contributed by atoms with E-state index in [2.05, 4.69) is 48.0 Å². The fourth-order valence-electron chi connectivity index (χ4n) is 0.915. The Kier molecular flexibility index (Phi) is 3.17. The largest absolute Gasteiger partial charge is 0.352 e. The molecule has 0 aliphatic heterocycles. The summed E-state index contributed by atoms with van der Waals surface area (Å²) in [7, 11) is 0. The molecule has 1 N–H and O–H groups in total. The minimum absolute atomic E-state index is 0.343. The Morgan fingerprint density at radius 3 is 2.38 bits per heavy atom. The van der Waals surface area contributed by atoms with Crippen LogP contribution in [0.5, 0.6) is 0 Å². The standard InChI is InChI=1S/C9H16N4/c1-6(2)8-10-5-11-9(13-8)12-7(3)4/h5-7H,1-4H3,(H,10,11,12,13). The Hall–Kier alpha value is -1.19. The lowest BCUT2D eigenvalue weighted by Crippen LogP contribution is -2.14. The number of nitrogens with zero attached hydrogens (tertiary/aromatic N) is 3. The highest BCUT2D eigenvalue weighted by molar-refractivity contribution is 5.24. The van der Waals surface area contributed by atoms with Gasteiger partial charge in [-0.3, -0.25) is 0 Å². The molecule has 0 saturated carbocycles. The van der Waals surface area contributed by atoms with Gasteiger partial charge in [0.1, 0.15) is 12.2 Å². The van der Waals surface area contributed by atoms with Gasteiger partial charge in [0.2, 0.25) is 5.95 Å². The molecule has 72 valence electrons. The molecule has 0 unspecified atom stereocenters. The van der Waals surface area contributed by atoms with Crippen molar-refractivity contribution in [3.05, 3.63) is 12.2 Å². The monoisotopic (exact) mass is 180 g/mol. The van der Waals surface area contributed by atoms with Gasteiger partial charge in [-0.2, -0.15) is 4.98 Å². The topological polar surface area (TPSA) is 50.7 Å². The molecule has 0 atom stereocenters. The Balaban J connectivity index is 2.79. The second kappa shape index (κ2) is 4.16. The van der Waals surface area contributed by atoms with Crippen molar-refractivity contribution in [1.82, 2.24) is 15.0 Å². The first-order valence-electron chi connectivity index (χ1n) is 4.55. The fraction of sp³-hybridized carbons (Fsp3) is 0.667. The normalized spacial score (nSPS) is 10.9. The number of rotatable bonds is 3. The van der Waals surface area contributed by atoms with Crippen molar-refractivity contribution < 1.29 is 0 Å². The van der Waals surface area contributed by atoms with E-state index in [0.717, 1.165) is 5.82 Å². The second-order valence-corrected chi connectivity index (χ2v) is 3.62. The first-order valence-corrected chi connectivity index (χ1v) is 4.55. The molecule has 0 amide bonds. The summed E-state index contributed by atoms with van der Waals surface area (Å²) < 4.78 is 0. The first-order chi connectivity index (χ1) is 6.09. The maximum atomic E-state index is 4.28. The van der Waals surface area contributed by atoms with Crippen molar-refractivity contribution >= 4 is 5.95 Å². The van der Waals surface area contributed by atoms with Crippen LogP contribution in [0.2, 0.25) is 0 Å². The zero-order valence-electron chi connectivity index (χ0n) is 8.57. The molecule has 1 heterocycles. The molecule has 0 aliphatic rings. The van der Waals surface area contributed by atoms with E-state index in [4.69, 9.17) is 0 Å². The second-order valence-electron chi connectivity index (χ2n) is 3.62. The lowest BCUT2D eigenvalue weighted by Gasteiger charge is -2.09. The van der Waals surface area contributed by atoms with Gasteiger partial charge in [-0.1, -0.05) is 13.8 Å². The van der Waals surface area contributed by atoms with Crippen molar-refractivity contribution in [3.63, 3.8) is 0 Å². The fourth-order valence-corrected chi connectivity index (χ4v) is 0.915. The molecule has 0 saturated heterocycles. The van der Waals surface area contributed by atoms with E-state index in [0.29, 0.717) is 17.9 Å². The van der Waals surface area contributed by atoms with E-state index in [-0.39, 0.29) is 0 Å². The van der Waals surface area contributed by atoms with Crippen molar-refractivity contribution in [1.29, 1.82) is 0 Å². The minimum Gasteiger partial charge on any atom is -0.352 e. The van der Waals surface area contributed by atoms with Crippen molar-refractivity contribution in [2.24, 2.45) is 0 Å². The van der Waals surface area contributed by atoms with Gasteiger partial charge in [0.05, 0.1) is 0 Å². The van der Waals surface area contributed by atoms with E-state index in [1.165, 1.54) is 0 Å². The van der Waals surface area contributed by atoms with Gasteiger partial charge in [0.25, 0.3) is 0 Å². The molecule has 1 aromatic heterocycles. The molecule has 0 radical (unpaired) electrons. The first kappa shape index (κ1) is 9.89. The molecule has 4 heteroatoms. The quantitative estimate of drug-likeness (QED) is 0.770. The molecule has 0 fully saturated rings. The van der Waals surface area contributed by atoms with Crippen LogP contribution in [0.1, 0.15) is 39.4 Å². The molecule has 0 aliphatic carbocycles. The van der Waals surface area contributed by atoms with Crippen molar-refractivity contribution in [2.75, 3.05) is 5.32 Å². The van der Waals surface area contributed by atoms with E-state index in [9.17, 15) is 0 Å². The number of hydrogen-bond donors (Lipinski definition) is 1. The van der Waals surface area contributed by atoms with Gasteiger partial charge in [-0.05, 0) is 13.8 Å². The average Bonchev–Trinajstić information content (AvgIpc) is 2.03. The Morgan fingerprint density at radius 2 is 1.85 bits per heavy atom. The highest BCUT2D eigenvalue weighted by atomic mass is 15.1. The highest BCUT2D eigenvalue weighted by Gasteiger charge is 2.04. The summed E-state index contributed by atoms with van der Waals surface area (Å²) in [5, 5.41) is 3.14. The molecule has 4 nitrogen and oxygen atoms in total. The molecule has 13 heavy (non-hydrogen) atoms. The van der Waals surface area contributed by atoms with E-state index >= 15 is 0 Å². The van der Waals surface area contributed by atoms with Crippen LogP contribution >= 0.6 is 0 Å². The van der Waals surface area contributed by atoms with E-state index in [1.807, 2.05) is 0 Å². The summed E-state index contributed by atoms with van der Waals surface area (Å²) in [6.07, 6.45) is 1.55. The summed E-state index contributed by atoms with van der Waals surface area (Å²) in [6, 6.07) is 0.349. The zero-order valence-corrected chi connectivity index (χ0v) is 8.57. The molecule has 1 rings (SSSR count). The average molecular weight is 180 g/mol. The molecule has 0 bridgehead atoms. The third-order valence-electron chi connectivity index (χ3n) is 1.52. The van der Waals surface area contributed by atoms with Crippen LogP contribution < -0.4 is 5.32 Å². The zero-order chi connectivity index (χ0) is 9.84. The summed E-state index contributed by atoms with van der Waals surface area (Å²) in [5.41, 5.74) is 0. The SMILES string of the molecule is CC(C)Nc1ncnc(C(C)C)n1. The van der Waals surface area contributed by atoms with Crippen LogP contribution in [0.15, 0.2) is 6.33 Å². The Labute approximate surface area is 78.8 Å². The van der Waals surface area contributed by atoms with Gasteiger partial charge in [0, 0.05) is 12.0 Å². The predicted molar refractivity (Wildman–Crippen MR) is 52.7 cm³/mol. The Morgan fingerprint density at radius 1 is 1.15 bits per heavy atom. The van der Waals surface area contributed by atoms with Crippen LogP contribution in [0.25, 0.3) is 0 Å². The van der Waals surface area contributed by atoms with Crippen LogP contribution in [-0.2, 0) is 0 Å². The van der Waals surface area contributed by atoms with Crippen LogP contribution in [-0.4, -0.2) is 21.0 Å². The summed E-state index contributed by atoms with van der Waals surface area (Å²) >= 11 is 0. The molecule has 0 aromatic carbocycles. The van der Waals surface area contributed by atoms with Crippen LogP contribution in [0.3, 0.4) is 0 Å². The Bertz CT molecular complexity index is 270. The lowest BCUT2D eigenvalue weighted by atomic mass is 10.2. The van der Waals surface area contributed by atoms with Crippen molar-refractivity contribution in [2.45, 2.75) is 39.7 Å². The molecular formula is C9H16N4. The number of anilines is 1. The minimum atomic E-state index is 0.343. The summed E-state index contributed by atoms with van der Waals surface area (Å²) in [4.78, 5) is 12.4. The molecule has 0 spiro atoms. The van der Waals surface area contributed by atoms with Crippen molar-refractivity contribution in [3.8, 4) is 0 Å². The number of hydrogen-bond acceptors (Lipinski definition) is 4.